The van der Waals surface area contributed by atoms with Gasteiger partial charge in [-0.3, -0.25) is 0 Å². The Labute approximate surface area is 123 Å². The van der Waals surface area contributed by atoms with Gasteiger partial charge < -0.3 is 10.6 Å². The van der Waals surface area contributed by atoms with Crippen LogP contribution in [0.5, 0.6) is 0 Å². The lowest BCUT2D eigenvalue weighted by atomic mass is 10.3. The third-order valence-corrected chi connectivity index (χ3v) is 2.84. The Morgan fingerprint density at radius 2 is 1.55 bits per heavy atom. The Balaban J connectivity index is 2.08. The molecule has 0 unspecified atom stereocenters. The van der Waals surface area contributed by atoms with Gasteiger partial charge in [0.05, 0.1) is 5.69 Å². The molecule has 0 heterocycles. The lowest BCUT2D eigenvalue weighted by Crippen LogP contribution is -2.20. The first-order valence-electron chi connectivity index (χ1n) is 5.44. The van der Waals surface area contributed by atoms with Crippen molar-refractivity contribution in [1.82, 2.24) is 0 Å². The zero-order valence-corrected chi connectivity index (χ0v) is 11.5. The number of nitrogens with one attached hydrogen (secondary N) is 2. The molecule has 0 aromatic heterocycles. The van der Waals surface area contributed by atoms with Gasteiger partial charge in [0.1, 0.15) is 0 Å². The molecule has 0 saturated heterocycles. The molecule has 0 amide bonds. The normalized spacial score (nSPS) is 10.2. The third-order valence-electron chi connectivity index (χ3n) is 2.39. The Morgan fingerprint density at radius 3 is 2.20 bits per heavy atom. The van der Waals surface area contributed by atoms with Crippen LogP contribution in [0.2, 0.25) is 5.02 Å². The van der Waals surface area contributed by atoms with Gasteiger partial charge in [-0.1, -0.05) is 11.6 Å². The number of halogens is 4. The fraction of sp³-hybridized carbons (Fsp3) is 0. The first-order chi connectivity index (χ1) is 9.47. The zero-order valence-electron chi connectivity index (χ0n) is 9.88. The van der Waals surface area contributed by atoms with E-state index in [0.29, 0.717) is 10.7 Å². The Morgan fingerprint density at radius 1 is 0.900 bits per heavy atom. The average molecular weight is 317 g/mol. The molecule has 2 aromatic rings. The molecule has 104 valence electrons. The molecule has 2 N–H and O–H groups in total. The fourth-order valence-electron chi connectivity index (χ4n) is 1.44. The highest BCUT2D eigenvalue weighted by molar-refractivity contribution is 7.80. The molecular formula is C13H8ClF3N2S. The quantitative estimate of drug-likeness (QED) is 0.627. The maximum absolute atomic E-state index is 13.4. The lowest BCUT2D eigenvalue weighted by Gasteiger charge is -2.11. The Bertz CT molecular complexity index is 647. The van der Waals surface area contributed by atoms with Gasteiger partial charge in [-0.25, -0.2) is 13.2 Å². The first kappa shape index (κ1) is 14.6. The molecule has 0 bridgehead atoms. The van der Waals surface area contributed by atoms with Crippen LogP contribution in [0.1, 0.15) is 0 Å². The molecule has 20 heavy (non-hydrogen) atoms. The van der Waals surface area contributed by atoms with Crippen molar-refractivity contribution in [3.63, 3.8) is 0 Å². The molecule has 0 spiro atoms. The summed E-state index contributed by atoms with van der Waals surface area (Å²) in [4.78, 5) is 0. The van der Waals surface area contributed by atoms with Crippen LogP contribution in [0.3, 0.4) is 0 Å². The molecule has 0 aliphatic heterocycles. The van der Waals surface area contributed by atoms with Crippen LogP contribution >= 0.6 is 23.8 Å². The van der Waals surface area contributed by atoms with Crippen molar-refractivity contribution in [2.24, 2.45) is 0 Å². The van der Waals surface area contributed by atoms with E-state index in [1.54, 1.807) is 24.3 Å². The molecule has 0 aliphatic carbocycles. The van der Waals surface area contributed by atoms with E-state index < -0.39 is 17.5 Å². The zero-order chi connectivity index (χ0) is 14.7. The SMILES string of the molecule is Fc1ccc(NC(=S)Nc2ccc(Cl)cc2)c(F)c1F. The predicted molar refractivity (Wildman–Crippen MR) is 77.6 cm³/mol. The summed E-state index contributed by atoms with van der Waals surface area (Å²) in [5, 5.41) is 5.80. The molecule has 0 saturated carbocycles. The van der Waals surface area contributed by atoms with Gasteiger partial charge in [0, 0.05) is 10.7 Å². The van der Waals surface area contributed by atoms with Gasteiger partial charge in [-0.2, -0.15) is 0 Å². The van der Waals surface area contributed by atoms with Crippen LogP contribution in [0.4, 0.5) is 24.5 Å². The smallest absolute Gasteiger partial charge is 0.196 e. The van der Waals surface area contributed by atoms with E-state index in [2.05, 4.69) is 10.6 Å². The number of thiocarbonyl (C=S) groups is 1. The molecule has 0 fully saturated rings. The highest BCUT2D eigenvalue weighted by atomic mass is 35.5. The van der Waals surface area contributed by atoms with Gasteiger partial charge in [0.2, 0.25) is 0 Å². The van der Waals surface area contributed by atoms with Crippen molar-refractivity contribution in [2.45, 2.75) is 0 Å². The second kappa shape index (κ2) is 6.11. The van der Waals surface area contributed by atoms with Crippen molar-refractivity contribution in [1.29, 1.82) is 0 Å². The van der Waals surface area contributed by atoms with Crippen LogP contribution in [0, 0.1) is 17.5 Å². The highest BCUT2D eigenvalue weighted by Gasteiger charge is 2.14. The maximum atomic E-state index is 13.4. The minimum absolute atomic E-state index is 0.0391. The first-order valence-corrected chi connectivity index (χ1v) is 6.23. The largest absolute Gasteiger partial charge is 0.332 e. The summed E-state index contributed by atoms with van der Waals surface area (Å²) in [6.45, 7) is 0. The summed E-state index contributed by atoms with van der Waals surface area (Å²) in [5.41, 5.74) is 0.366. The molecular weight excluding hydrogens is 309 g/mol. The number of hydrogen-bond acceptors (Lipinski definition) is 1. The lowest BCUT2D eigenvalue weighted by molar-refractivity contribution is 0.449. The van der Waals surface area contributed by atoms with Crippen molar-refractivity contribution >= 4 is 40.3 Å². The topological polar surface area (TPSA) is 24.1 Å². The Hall–Kier alpha value is -1.79. The number of hydrogen-bond donors (Lipinski definition) is 2. The predicted octanol–water partition coefficient (Wildman–Crippen LogP) is 4.57. The summed E-state index contributed by atoms with van der Waals surface area (Å²) in [7, 11) is 0. The monoisotopic (exact) mass is 316 g/mol. The minimum Gasteiger partial charge on any atom is -0.332 e. The van der Waals surface area contributed by atoms with Gasteiger partial charge in [0.25, 0.3) is 0 Å². The van der Waals surface area contributed by atoms with Crippen LogP contribution in [0.25, 0.3) is 0 Å². The molecule has 0 aliphatic rings. The van der Waals surface area contributed by atoms with Gasteiger partial charge in [-0.15, -0.1) is 0 Å². The number of anilines is 2. The van der Waals surface area contributed by atoms with E-state index in [9.17, 15) is 13.2 Å². The molecule has 0 radical (unpaired) electrons. The van der Waals surface area contributed by atoms with Gasteiger partial charge >= 0.3 is 0 Å². The van der Waals surface area contributed by atoms with Crippen molar-refractivity contribution in [3.8, 4) is 0 Å². The van der Waals surface area contributed by atoms with E-state index in [4.69, 9.17) is 23.8 Å². The van der Waals surface area contributed by atoms with E-state index in [0.717, 1.165) is 12.1 Å². The van der Waals surface area contributed by atoms with Gasteiger partial charge in [0.15, 0.2) is 22.6 Å². The van der Waals surface area contributed by atoms with Crippen LogP contribution in [-0.2, 0) is 0 Å². The average Bonchev–Trinajstić information content (AvgIpc) is 2.42. The van der Waals surface area contributed by atoms with Crippen molar-refractivity contribution in [2.75, 3.05) is 10.6 Å². The summed E-state index contributed by atoms with van der Waals surface area (Å²) >= 11 is 10.7. The third kappa shape index (κ3) is 3.40. The summed E-state index contributed by atoms with van der Waals surface area (Å²) in [6.07, 6.45) is 0. The second-order valence-electron chi connectivity index (χ2n) is 3.81. The second-order valence-corrected chi connectivity index (χ2v) is 4.65. The standard InChI is InChI=1S/C13H8ClF3N2S/c14-7-1-3-8(4-2-7)18-13(20)19-10-6-5-9(15)11(16)12(10)17/h1-6H,(H2,18,19,20). The van der Waals surface area contributed by atoms with E-state index in [1.807, 2.05) is 0 Å². The molecule has 2 rings (SSSR count). The fourth-order valence-corrected chi connectivity index (χ4v) is 1.79. The van der Waals surface area contributed by atoms with E-state index >= 15 is 0 Å². The number of benzene rings is 2. The molecule has 2 aromatic carbocycles. The van der Waals surface area contributed by atoms with Crippen molar-refractivity contribution in [3.05, 3.63) is 58.9 Å². The van der Waals surface area contributed by atoms with E-state index in [1.165, 1.54) is 0 Å². The van der Waals surface area contributed by atoms with E-state index in [-0.39, 0.29) is 10.8 Å². The van der Waals surface area contributed by atoms with Crippen LogP contribution in [0.15, 0.2) is 36.4 Å². The summed E-state index contributed by atoms with van der Waals surface area (Å²) < 4.78 is 39.3. The van der Waals surface area contributed by atoms with Gasteiger partial charge in [-0.05, 0) is 48.6 Å². The Kier molecular flexibility index (Phi) is 4.46. The molecule has 2 nitrogen and oxygen atoms in total. The number of rotatable bonds is 2. The van der Waals surface area contributed by atoms with Crippen LogP contribution < -0.4 is 10.6 Å². The molecule has 0 atom stereocenters. The minimum atomic E-state index is -1.55. The van der Waals surface area contributed by atoms with Crippen molar-refractivity contribution < 1.29 is 13.2 Å². The maximum Gasteiger partial charge on any atom is 0.196 e. The summed E-state index contributed by atoms with van der Waals surface area (Å²) in [5.74, 6) is -4.14. The summed E-state index contributed by atoms with van der Waals surface area (Å²) in [6, 6.07) is 8.49. The molecule has 7 heteroatoms. The highest BCUT2D eigenvalue weighted by Crippen LogP contribution is 2.20. The van der Waals surface area contributed by atoms with Crippen LogP contribution in [-0.4, -0.2) is 5.11 Å².